The number of para-hydroxylation sites is 6. The fraction of sp³-hybridized carbons (Fsp3) is 0.176. The van der Waals surface area contributed by atoms with Gasteiger partial charge in [-0.2, -0.15) is 0 Å². The fourth-order valence-corrected chi connectivity index (χ4v) is 9.94. The lowest BCUT2D eigenvalue weighted by Crippen LogP contribution is -2.18. The van der Waals surface area contributed by atoms with E-state index in [4.69, 9.17) is 0 Å². The van der Waals surface area contributed by atoms with Gasteiger partial charge in [-0.3, -0.25) is 0 Å². The van der Waals surface area contributed by atoms with Gasteiger partial charge in [0.15, 0.2) is 0 Å². The molecule has 0 aliphatic carbocycles. The third-order valence-electron chi connectivity index (χ3n) is 12.2. The molecule has 0 fully saturated rings. The summed E-state index contributed by atoms with van der Waals surface area (Å²) in [6.45, 7) is 9.66. The maximum absolute atomic E-state index is 2.60. The minimum absolute atomic E-state index is 0.838. The van der Waals surface area contributed by atoms with Gasteiger partial charge in [0.1, 0.15) is 0 Å². The predicted octanol–water partition coefficient (Wildman–Crippen LogP) is 12.8. The van der Waals surface area contributed by atoms with Gasteiger partial charge in [-0.05, 0) is 89.0 Å². The van der Waals surface area contributed by atoms with Crippen molar-refractivity contribution < 1.29 is 0 Å². The molecule has 0 bridgehead atoms. The normalized spacial score (nSPS) is 12.1. The van der Waals surface area contributed by atoms with E-state index in [9.17, 15) is 0 Å². The average Bonchev–Trinajstić information content (AvgIpc) is 3.84. The minimum Gasteiger partial charge on any atom is -0.336 e. The van der Waals surface area contributed by atoms with E-state index >= 15 is 0 Å². The lowest BCUT2D eigenvalue weighted by atomic mass is 9.83. The van der Waals surface area contributed by atoms with Crippen LogP contribution in [0.15, 0.2) is 146 Å². The summed E-state index contributed by atoms with van der Waals surface area (Å²) in [7, 11) is 0. The van der Waals surface area contributed by atoms with Crippen LogP contribution in [0, 0.1) is 0 Å². The Labute approximate surface area is 316 Å². The second-order valence-corrected chi connectivity index (χ2v) is 14.8. The van der Waals surface area contributed by atoms with Crippen molar-refractivity contribution in [2.24, 2.45) is 0 Å². The van der Waals surface area contributed by atoms with E-state index in [1.807, 2.05) is 0 Å². The maximum atomic E-state index is 2.60. The van der Waals surface area contributed by atoms with Gasteiger partial charge in [0, 0.05) is 85.1 Å². The molecule has 0 radical (unpaired) electrons. The quantitative estimate of drug-likeness (QED) is 0.142. The molecule has 0 saturated heterocycles. The van der Waals surface area contributed by atoms with Gasteiger partial charge in [-0.25, -0.2) is 0 Å². The monoisotopic (exact) mass is 699 g/mol. The molecule has 0 amide bonds. The summed E-state index contributed by atoms with van der Waals surface area (Å²) in [4.78, 5) is 0. The highest BCUT2D eigenvalue weighted by Crippen LogP contribution is 2.39. The lowest BCUT2D eigenvalue weighted by Gasteiger charge is -2.28. The molecule has 0 unspecified atom stereocenters. The molecule has 3 nitrogen and oxygen atoms in total. The molecule has 54 heavy (non-hydrogen) atoms. The highest BCUT2D eigenvalue weighted by atomic mass is 15.0. The highest BCUT2D eigenvalue weighted by Gasteiger charge is 2.25. The van der Waals surface area contributed by atoms with Crippen LogP contribution in [0.2, 0.25) is 0 Å². The summed E-state index contributed by atoms with van der Waals surface area (Å²) in [5, 5.41) is 7.95. The van der Waals surface area contributed by atoms with Gasteiger partial charge in [0.05, 0.1) is 0 Å². The second-order valence-electron chi connectivity index (χ2n) is 14.8. The van der Waals surface area contributed by atoms with Crippen molar-refractivity contribution in [1.82, 2.24) is 13.7 Å². The van der Waals surface area contributed by atoms with Gasteiger partial charge in [0.25, 0.3) is 0 Å². The predicted molar refractivity (Wildman–Crippen MR) is 230 cm³/mol. The summed E-state index contributed by atoms with van der Waals surface area (Å²) in [5.74, 6) is 0. The van der Waals surface area contributed by atoms with Crippen LogP contribution in [-0.4, -0.2) is 13.7 Å². The van der Waals surface area contributed by atoms with Gasteiger partial charge in [-0.15, -0.1) is 0 Å². The number of rotatable bonds is 9. The Morgan fingerprint density at radius 3 is 0.630 bits per heavy atom. The first-order valence-corrected chi connectivity index (χ1v) is 19.7. The van der Waals surface area contributed by atoms with Crippen LogP contribution in [0.4, 0.5) is 0 Å². The molecule has 0 aliphatic rings. The topological polar surface area (TPSA) is 14.8 Å². The average molecular weight is 700 g/mol. The van der Waals surface area contributed by atoms with Crippen molar-refractivity contribution >= 4 is 65.4 Å². The Morgan fingerprint density at radius 1 is 0.259 bits per heavy atom. The Balaban J connectivity index is 1.28. The molecule has 10 aromatic rings. The molecule has 7 aromatic carbocycles. The zero-order valence-electron chi connectivity index (χ0n) is 31.4. The van der Waals surface area contributed by atoms with E-state index in [0.717, 1.165) is 38.9 Å². The highest BCUT2D eigenvalue weighted by molar-refractivity contribution is 6.10. The van der Waals surface area contributed by atoms with Crippen LogP contribution in [0.25, 0.3) is 65.4 Å². The third-order valence-corrected chi connectivity index (χ3v) is 12.2. The second kappa shape index (κ2) is 13.1. The summed E-state index contributed by atoms with van der Waals surface area (Å²) in [5.41, 5.74) is 16.8. The Bertz CT molecular complexity index is 2530. The molecule has 3 aromatic heterocycles. The van der Waals surface area contributed by atoms with Crippen LogP contribution in [0.5, 0.6) is 0 Å². The molecule has 0 N–H and O–H groups in total. The molecule has 264 valence electrons. The largest absolute Gasteiger partial charge is 0.336 e. The van der Waals surface area contributed by atoms with E-state index < -0.39 is 0 Å². The van der Waals surface area contributed by atoms with Gasteiger partial charge in [-0.1, -0.05) is 130 Å². The van der Waals surface area contributed by atoms with E-state index in [-0.39, 0.29) is 0 Å². The summed E-state index contributed by atoms with van der Waals surface area (Å²) in [6, 6.07) is 53.8. The summed E-state index contributed by atoms with van der Waals surface area (Å²) >= 11 is 0. The van der Waals surface area contributed by atoms with Crippen molar-refractivity contribution in [2.45, 2.75) is 59.7 Å². The van der Waals surface area contributed by atoms with Crippen molar-refractivity contribution in [2.75, 3.05) is 0 Å². The van der Waals surface area contributed by atoms with Crippen molar-refractivity contribution in [1.29, 1.82) is 0 Å². The molecular weight excluding hydrogens is 655 g/mol. The summed E-state index contributed by atoms with van der Waals surface area (Å²) < 4.78 is 7.79. The van der Waals surface area contributed by atoms with Gasteiger partial charge < -0.3 is 13.7 Å². The number of hydrogen-bond donors (Lipinski definition) is 0. The van der Waals surface area contributed by atoms with Gasteiger partial charge >= 0.3 is 0 Å². The number of benzene rings is 7. The molecule has 10 rings (SSSR count). The third kappa shape index (κ3) is 4.88. The van der Waals surface area contributed by atoms with Crippen LogP contribution in [-0.2, 0) is 38.9 Å². The fourth-order valence-electron chi connectivity index (χ4n) is 9.94. The van der Waals surface area contributed by atoms with Gasteiger partial charge in [0.2, 0.25) is 0 Å². The number of nitrogens with zero attached hydrogens (tertiary/aromatic N) is 3. The Morgan fingerprint density at radius 2 is 0.444 bits per heavy atom. The Kier molecular flexibility index (Phi) is 7.91. The number of hydrogen-bond acceptors (Lipinski definition) is 0. The zero-order chi connectivity index (χ0) is 36.3. The zero-order valence-corrected chi connectivity index (χ0v) is 31.4. The van der Waals surface area contributed by atoms with E-state index in [1.54, 1.807) is 0 Å². The molecule has 0 saturated carbocycles. The van der Waals surface area contributed by atoms with Crippen LogP contribution >= 0.6 is 0 Å². The van der Waals surface area contributed by atoms with Crippen LogP contribution in [0.1, 0.15) is 54.2 Å². The molecule has 3 heterocycles. The first-order chi connectivity index (χ1) is 26.7. The molecule has 3 heteroatoms. The van der Waals surface area contributed by atoms with Crippen LogP contribution in [0.3, 0.4) is 0 Å². The summed E-state index contributed by atoms with van der Waals surface area (Å²) in [6.07, 6.45) is 2.94. The first-order valence-electron chi connectivity index (χ1n) is 19.7. The smallest absolute Gasteiger partial charge is 0.0494 e. The number of fused-ring (bicyclic) bond motifs is 9. The molecule has 0 atom stereocenters. The Hall–Kier alpha value is -6.06. The molecule has 0 spiro atoms. The molecule has 0 aliphatic heterocycles. The van der Waals surface area contributed by atoms with E-state index in [1.165, 1.54) is 98.8 Å². The van der Waals surface area contributed by atoms with Crippen LogP contribution < -0.4 is 0 Å². The van der Waals surface area contributed by atoms with Crippen molar-refractivity contribution in [3.63, 3.8) is 0 Å². The number of aromatic nitrogens is 3. The SMILES string of the molecule is CCc1c(Cn2c3ccccc3c3ccccc32)c(CC)c(Cn2c3ccccc3c3ccccc32)c(CC)c1Cn1c2ccccc2c2ccccc21. The van der Waals surface area contributed by atoms with Crippen molar-refractivity contribution in [3.8, 4) is 0 Å². The van der Waals surface area contributed by atoms with Crippen molar-refractivity contribution in [3.05, 3.63) is 179 Å². The van der Waals surface area contributed by atoms with E-state index in [2.05, 4.69) is 180 Å². The maximum Gasteiger partial charge on any atom is 0.0494 e. The minimum atomic E-state index is 0.838. The lowest BCUT2D eigenvalue weighted by molar-refractivity contribution is 0.759. The van der Waals surface area contributed by atoms with E-state index in [0.29, 0.717) is 0 Å². The molecular formula is C51H45N3. The standard InChI is InChI=1S/C51H45N3/c1-4-34-43(31-52-46-25-13-7-19-37(46)38-20-8-14-26-47(38)52)35(5-2)45(33-54-50-29-17-11-23-41(50)42-24-12-18-30-51(42)54)36(6-3)44(34)32-53-48-27-15-9-21-39(48)40-22-10-16-28-49(40)53/h7-30H,4-6,31-33H2,1-3H3. The first kappa shape index (κ1) is 32.6.